The van der Waals surface area contributed by atoms with Crippen molar-refractivity contribution < 1.29 is 4.79 Å². The second-order valence-corrected chi connectivity index (χ2v) is 4.55. The van der Waals surface area contributed by atoms with E-state index in [1.165, 1.54) is 19.0 Å². The van der Waals surface area contributed by atoms with Crippen molar-refractivity contribution in [2.45, 2.75) is 31.7 Å². The molecule has 0 atom stereocenters. The first-order valence-corrected chi connectivity index (χ1v) is 6.12. The smallest absolute Gasteiger partial charge is 0.237 e. The number of nitriles is 1. The van der Waals surface area contributed by atoms with Gasteiger partial charge in [0.2, 0.25) is 5.91 Å². The maximum Gasteiger partial charge on any atom is 0.237 e. The van der Waals surface area contributed by atoms with Crippen LogP contribution in [-0.4, -0.2) is 23.5 Å². The molecule has 0 radical (unpaired) electrons. The number of hydrogen-bond donors (Lipinski definition) is 1. The molecule has 1 aliphatic rings. The van der Waals surface area contributed by atoms with Gasteiger partial charge in [-0.05, 0) is 25.0 Å². The van der Waals surface area contributed by atoms with E-state index in [1.807, 2.05) is 11.0 Å². The molecule has 1 amide bonds. The molecule has 0 bridgehead atoms. The number of carbonyl (C=O) groups is 1. The number of hydrogen-bond acceptors (Lipinski definition) is 4. The quantitative estimate of drug-likeness (QED) is 0.862. The largest absolute Gasteiger partial charge is 0.368 e. The number of anilines is 1. The SMILES string of the molecule is N#Cc1ccc(N(CC(N)=O)C2CCCC2)nc1. The van der Waals surface area contributed by atoms with E-state index in [2.05, 4.69) is 4.98 Å². The Morgan fingerprint density at radius 1 is 1.50 bits per heavy atom. The standard InChI is InChI=1S/C13H16N4O/c14-7-10-5-6-13(16-8-10)17(9-12(15)18)11-3-1-2-4-11/h5-6,8,11H,1-4,9H2,(H2,15,18). The van der Waals surface area contributed by atoms with Gasteiger partial charge in [0, 0.05) is 12.2 Å². The summed E-state index contributed by atoms with van der Waals surface area (Å²) in [7, 11) is 0. The van der Waals surface area contributed by atoms with E-state index in [4.69, 9.17) is 11.0 Å². The summed E-state index contributed by atoms with van der Waals surface area (Å²) in [6.07, 6.45) is 6.01. The minimum absolute atomic E-state index is 0.184. The molecule has 0 saturated heterocycles. The summed E-state index contributed by atoms with van der Waals surface area (Å²) in [5.41, 5.74) is 5.81. The van der Waals surface area contributed by atoms with Gasteiger partial charge >= 0.3 is 0 Å². The van der Waals surface area contributed by atoms with Gasteiger partial charge in [0.1, 0.15) is 11.9 Å². The van der Waals surface area contributed by atoms with Crippen LogP contribution in [0, 0.1) is 11.3 Å². The minimum atomic E-state index is -0.354. The lowest BCUT2D eigenvalue weighted by Crippen LogP contribution is -2.40. The van der Waals surface area contributed by atoms with Gasteiger partial charge in [-0.25, -0.2) is 4.98 Å². The summed E-state index contributed by atoms with van der Waals surface area (Å²) in [6.45, 7) is 0.184. The van der Waals surface area contributed by atoms with Gasteiger partial charge in [0.05, 0.1) is 12.1 Å². The van der Waals surface area contributed by atoms with Crippen LogP contribution in [0.3, 0.4) is 0 Å². The van der Waals surface area contributed by atoms with Gasteiger partial charge in [-0.1, -0.05) is 12.8 Å². The third-order valence-corrected chi connectivity index (χ3v) is 3.26. The minimum Gasteiger partial charge on any atom is -0.368 e. The predicted octanol–water partition coefficient (Wildman–Crippen LogP) is 1.19. The normalized spacial score (nSPS) is 15.3. The zero-order valence-electron chi connectivity index (χ0n) is 10.2. The van der Waals surface area contributed by atoms with Crippen molar-refractivity contribution in [1.29, 1.82) is 5.26 Å². The molecule has 1 saturated carbocycles. The molecule has 1 aliphatic carbocycles. The molecular formula is C13H16N4O. The lowest BCUT2D eigenvalue weighted by molar-refractivity contribution is -0.116. The Morgan fingerprint density at radius 2 is 2.22 bits per heavy atom. The monoisotopic (exact) mass is 244 g/mol. The number of primary amides is 1. The van der Waals surface area contributed by atoms with Crippen LogP contribution in [0.4, 0.5) is 5.82 Å². The topological polar surface area (TPSA) is 83.0 Å². The lowest BCUT2D eigenvalue weighted by Gasteiger charge is -2.28. The van der Waals surface area contributed by atoms with Gasteiger partial charge < -0.3 is 10.6 Å². The molecule has 0 unspecified atom stereocenters. The fourth-order valence-electron chi connectivity index (χ4n) is 2.40. The molecular weight excluding hydrogens is 228 g/mol. The number of aromatic nitrogens is 1. The van der Waals surface area contributed by atoms with E-state index in [0.29, 0.717) is 11.6 Å². The number of carbonyl (C=O) groups excluding carboxylic acids is 1. The van der Waals surface area contributed by atoms with Crippen LogP contribution in [0.2, 0.25) is 0 Å². The van der Waals surface area contributed by atoms with Crippen LogP contribution in [0.25, 0.3) is 0 Å². The molecule has 0 spiro atoms. The van der Waals surface area contributed by atoms with Crippen LogP contribution in [0.1, 0.15) is 31.2 Å². The number of rotatable bonds is 4. The van der Waals surface area contributed by atoms with Crippen molar-refractivity contribution in [1.82, 2.24) is 4.98 Å². The van der Waals surface area contributed by atoms with Gasteiger partial charge in [-0.2, -0.15) is 5.26 Å². The molecule has 1 aromatic heterocycles. The zero-order valence-corrected chi connectivity index (χ0v) is 10.2. The fourth-order valence-corrected chi connectivity index (χ4v) is 2.40. The highest BCUT2D eigenvalue weighted by atomic mass is 16.1. The van der Waals surface area contributed by atoms with E-state index < -0.39 is 0 Å². The van der Waals surface area contributed by atoms with Crippen LogP contribution in [0.5, 0.6) is 0 Å². The molecule has 2 rings (SSSR count). The van der Waals surface area contributed by atoms with E-state index >= 15 is 0 Å². The van der Waals surface area contributed by atoms with Crippen molar-refractivity contribution in [3.8, 4) is 6.07 Å². The summed E-state index contributed by atoms with van der Waals surface area (Å²) < 4.78 is 0. The summed E-state index contributed by atoms with van der Waals surface area (Å²) >= 11 is 0. The van der Waals surface area contributed by atoms with Gasteiger partial charge in [-0.3, -0.25) is 4.79 Å². The number of amides is 1. The maximum atomic E-state index is 11.2. The Morgan fingerprint density at radius 3 is 2.72 bits per heavy atom. The lowest BCUT2D eigenvalue weighted by atomic mass is 10.2. The van der Waals surface area contributed by atoms with Crippen LogP contribution in [-0.2, 0) is 4.79 Å². The first-order chi connectivity index (χ1) is 8.70. The first-order valence-electron chi connectivity index (χ1n) is 6.12. The van der Waals surface area contributed by atoms with E-state index in [-0.39, 0.29) is 12.5 Å². The molecule has 2 N–H and O–H groups in total. The second kappa shape index (κ2) is 5.50. The molecule has 5 heteroatoms. The molecule has 1 heterocycles. The van der Waals surface area contributed by atoms with Crippen molar-refractivity contribution in [3.05, 3.63) is 23.9 Å². The molecule has 1 aromatic rings. The molecule has 18 heavy (non-hydrogen) atoms. The van der Waals surface area contributed by atoms with E-state index in [1.54, 1.807) is 12.1 Å². The van der Waals surface area contributed by atoms with Crippen LogP contribution >= 0.6 is 0 Å². The summed E-state index contributed by atoms with van der Waals surface area (Å²) in [5, 5.41) is 8.75. The van der Waals surface area contributed by atoms with Crippen molar-refractivity contribution in [2.24, 2.45) is 5.73 Å². The Hall–Kier alpha value is -2.09. The molecule has 0 aromatic carbocycles. The summed E-state index contributed by atoms with van der Waals surface area (Å²) in [4.78, 5) is 17.4. The Balaban J connectivity index is 2.21. The average Bonchev–Trinajstić information content (AvgIpc) is 2.89. The molecule has 1 fully saturated rings. The van der Waals surface area contributed by atoms with Crippen molar-refractivity contribution in [2.75, 3.05) is 11.4 Å². The zero-order chi connectivity index (χ0) is 13.0. The fraction of sp³-hybridized carbons (Fsp3) is 0.462. The molecule has 5 nitrogen and oxygen atoms in total. The Bertz CT molecular complexity index is 457. The van der Waals surface area contributed by atoms with Crippen LogP contribution < -0.4 is 10.6 Å². The third-order valence-electron chi connectivity index (χ3n) is 3.26. The van der Waals surface area contributed by atoms with Crippen molar-refractivity contribution >= 4 is 11.7 Å². The van der Waals surface area contributed by atoms with Crippen molar-refractivity contribution in [3.63, 3.8) is 0 Å². The number of nitrogens with zero attached hydrogens (tertiary/aromatic N) is 3. The van der Waals surface area contributed by atoms with Gasteiger partial charge in [0.25, 0.3) is 0 Å². The summed E-state index contributed by atoms with van der Waals surface area (Å²) in [5.74, 6) is 0.368. The van der Waals surface area contributed by atoms with Gasteiger partial charge in [0.15, 0.2) is 0 Å². The number of pyridine rings is 1. The van der Waals surface area contributed by atoms with Crippen LogP contribution in [0.15, 0.2) is 18.3 Å². The Labute approximate surface area is 106 Å². The molecule has 94 valence electrons. The Kier molecular flexibility index (Phi) is 3.78. The average molecular weight is 244 g/mol. The predicted molar refractivity (Wildman–Crippen MR) is 67.7 cm³/mol. The number of nitrogens with two attached hydrogens (primary N) is 1. The van der Waals surface area contributed by atoms with E-state index in [9.17, 15) is 4.79 Å². The second-order valence-electron chi connectivity index (χ2n) is 4.55. The summed E-state index contributed by atoms with van der Waals surface area (Å²) in [6, 6.07) is 5.85. The maximum absolute atomic E-state index is 11.2. The third kappa shape index (κ3) is 2.77. The van der Waals surface area contributed by atoms with Gasteiger partial charge in [-0.15, -0.1) is 0 Å². The highest BCUT2D eigenvalue weighted by Crippen LogP contribution is 2.26. The highest BCUT2D eigenvalue weighted by molar-refractivity contribution is 5.79. The highest BCUT2D eigenvalue weighted by Gasteiger charge is 2.24. The molecule has 0 aliphatic heterocycles. The van der Waals surface area contributed by atoms with E-state index in [0.717, 1.165) is 18.7 Å². The first kappa shape index (κ1) is 12.4.